The summed E-state index contributed by atoms with van der Waals surface area (Å²) in [6.07, 6.45) is 0. The van der Waals surface area contributed by atoms with Crippen molar-refractivity contribution in [2.75, 3.05) is 29.9 Å². The Hall–Kier alpha value is -2.34. The molecule has 1 aliphatic heterocycles. The van der Waals surface area contributed by atoms with Crippen LogP contribution in [0.5, 0.6) is 0 Å². The molecule has 0 fully saturated rings. The highest BCUT2D eigenvalue weighted by Crippen LogP contribution is 2.32. The van der Waals surface area contributed by atoms with Gasteiger partial charge in [-0.3, -0.25) is 9.20 Å². The fraction of sp³-hybridized carbons (Fsp3) is 0.294. The minimum absolute atomic E-state index is 0.00571. The third-order valence-electron chi connectivity index (χ3n) is 4.32. The molecule has 0 unspecified atom stereocenters. The average molecular weight is 326 g/mol. The summed E-state index contributed by atoms with van der Waals surface area (Å²) in [4.78, 5) is 22.3. The second-order valence-electron chi connectivity index (χ2n) is 5.91. The van der Waals surface area contributed by atoms with Crippen LogP contribution in [0.25, 0.3) is 4.96 Å². The zero-order chi connectivity index (χ0) is 16.0. The van der Waals surface area contributed by atoms with Crippen LogP contribution >= 0.6 is 11.3 Å². The highest BCUT2D eigenvalue weighted by atomic mass is 32.1. The van der Waals surface area contributed by atoms with Crippen LogP contribution in [0, 0.1) is 6.92 Å². The lowest BCUT2D eigenvalue weighted by atomic mass is 10.1. The first kappa shape index (κ1) is 14.3. The van der Waals surface area contributed by atoms with Crippen LogP contribution < -0.4 is 15.4 Å². The molecule has 3 heterocycles. The highest BCUT2D eigenvalue weighted by molar-refractivity contribution is 7.15. The minimum atomic E-state index is 0.00571. The molecule has 0 N–H and O–H groups in total. The molecule has 0 spiro atoms. The Balaban J connectivity index is 1.72. The van der Waals surface area contributed by atoms with E-state index in [2.05, 4.69) is 46.1 Å². The van der Waals surface area contributed by atoms with E-state index in [1.807, 2.05) is 12.3 Å². The molecule has 0 bridgehead atoms. The molecule has 0 atom stereocenters. The Labute approximate surface area is 138 Å². The SMILES string of the molecule is Cc1csc2nc(CN3CCN(C)c4ccccc43)cc(=O)n12. The van der Waals surface area contributed by atoms with Gasteiger partial charge in [-0.25, -0.2) is 4.98 Å². The number of rotatable bonds is 2. The molecule has 118 valence electrons. The molecule has 1 aliphatic rings. The number of hydrogen-bond donors (Lipinski definition) is 0. The van der Waals surface area contributed by atoms with E-state index in [9.17, 15) is 4.79 Å². The first-order chi connectivity index (χ1) is 11.1. The number of hydrogen-bond acceptors (Lipinski definition) is 5. The molecule has 1 aromatic carbocycles. The van der Waals surface area contributed by atoms with E-state index in [0.717, 1.165) is 29.4 Å². The minimum Gasteiger partial charge on any atom is -0.371 e. The van der Waals surface area contributed by atoms with Crippen LogP contribution in [0.4, 0.5) is 11.4 Å². The Kier molecular flexibility index (Phi) is 3.34. The number of para-hydroxylation sites is 2. The molecule has 4 rings (SSSR count). The number of likely N-dealkylation sites (N-methyl/N-ethyl adjacent to an activating group) is 1. The summed E-state index contributed by atoms with van der Waals surface area (Å²) in [5.74, 6) is 0. The predicted octanol–water partition coefficient (Wildman–Crippen LogP) is 2.52. The van der Waals surface area contributed by atoms with Crippen molar-refractivity contribution in [1.29, 1.82) is 0 Å². The van der Waals surface area contributed by atoms with Gasteiger partial charge in [-0.05, 0) is 19.1 Å². The van der Waals surface area contributed by atoms with E-state index in [-0.39, 0.29) is 5.56 Å². The summed E-state index contributed by atoms with van der Waals surface area (Å²) in [5, 5.41) is 1.97. The molecule has 2 aromatic heterocycles. The van der Waals surface area contributed by atoms with Gasteiger partial charge in [-0.2, -0.15) is 0 Å². The van der Waals surface area contributed by atoms with E-state index in [1.165, 1.54) is 22.7 Å². The highest BCUT2D eigenvalue weighted by Gasteiger charge is 2.20. The van der Waals surface area contributed by atoms with Gasteiger partial charge in [0.15, 0.2) is 4.96 Å². The van der Waals surface area contributed by atoms with Crippen molar-refractivity contribution in [1.82, 2.24) is 9.38 Å². The van der Waals surface area contributed by atoms with E-state index >= 15 is 0 Å². The summed E-state index contributed by atoms with van der Waals surface area (Å²) < 4.78 is 1.67. The number of benzene rings is 1. The number of thiazole rings is 1. The quantitative estimate of drug-likeness (QED) is 0.726. The Bertz CT molecular complexity index is 930. The van der Waals surface area contributed by atoms with E-state index < -0.39 is 0 Å². The fourth-order valence-corrected chi connectivity index (χ4v) is 4.00. The second kappa shape index (κ2) is 5.38. The molecule has 0 saturated heterocycles. The topological polar surface area (TPSA) is 40.9 Å². The summed E-state index contributed by atoms with van der Waals surface area (Å²) in [7, 11) is 2.11. The van der Waals surface area contributed by atoms with Crippen LogP contribution in [0.2, 0.25) is 0 Å². The standard InChI is InChI=1S/C17H18N4OS/c1-12-11-23-17-18-13(9-16(22)21(12)17)10-20-8-7-19(2)14-5-3-4-6-15(14)20/h3-6,9,11H,7-8,10H2,1-2H3. The molecule has 6 heteroatoms. The maximum Gasteiger partial charge on any atom is 0.259 e. The van der Waals surface area contributed by atoms with Gasteiger partial charge in [0.2, 0.25) is 0 Å². The van der Waals surface area contributed by atoms with Gasteiger partial charge in [0.05, 0.1) is 23.6 Å². The van der Waals surface area contributed by atoms with Crippen molar-refractivity contribution in [2.24, 2.45) is 0 Å². The van der Waals surface area contributed by atoms with Crippen LogP contribution in [0.1, 0.15) is 11.4 Å². The van der Waals surface area contributed by atoms with Gasteiger partial charge in [0.25, 0.3) is 5.56 Å². The van der Waals surface area contributed by atoms with Crippen molar-refractivity contribution in [2.45, 2.75) is 13.5 Å². The van der Waals surface area contributed by atoms with Gasteiger partial charge < -0.3 is 9.80 Å². The average Bonchev–Trinajstić information content (AvgIpc) is 2.92. The van der Waals surface area contributed by atoms with Crippen molar-refractivity contribution < 1.29 is 0 Å². The van der Waals surface area contributed by atoms with Crippen LogP contribution in [-0.2, 0) is 6.54 Å². The Morgan fingerprint density at radius 1 is 1.22 bits per heavy atom. The van der Waals surface area contributed by atoms with Gasteiger partial charge in [-0.1, -0.05) is 12.1 Å². The monoisotopic (exact) mass is 326 g/mol. The third-order valence-corrected chi connectivity index (χ3v) is 5.26. The second-order valence-corrected chi connectivity index (χ2v) is 6.75. The van der Waals surface area contributed by atoms with Crippen molar-refractivity contribution >= 4 is 27.7 Å². The summed E-state index contributed by atoms with van der Waals surface area (Å²) in [6.45, 7) is 4.49. The zero-order valence-corrected chi connectivity index (χ0v) is 14.0. The molecular weight excluding hydrogens is 308 g/mol. The summed E-state index contributed by atoms with van der Waals surface area (Å²) in [5.41, 5.74) is 4.20. The fourth-order valence-electron chi connectivity index (χ4n) is 3.11. The van der Waals surface area contributed by atoms with Crippen LogP contribution in [0.15, 0.2) is 40.5 Å². The summed E-state index contributed by atoms with van der Waals surface area (Å²) in [6, 6.07) is 10.0. The predicted molar refractivity (Wildman–Crippen MR) is 94.8 cm³/mol. The Morgan fingerprint density at radius 2 is 2.00 bits per heavy atom. The Morgan fingerprint density at radius 3 is 2.83 bits per heavy atom. The van der Waals surface area contributed by atoms with Crippen LogP contribution in [0.3, 0.4) is 0 Å². The molecule has 0 saturated carbocycles. The maximum atomic E-state index is 12.3. The number of aromatic nitrogens is 2. The molecule has 3 aromatic rings. The first-order valence-corrected chi connectivity index (χ1v) is 8.53. The molecule has 0 aliphatic carbocycles. The molecule has 5 nitrogen and oxygen atoms in total. The van der Waals surface area contributed by atoms with E-state index in [4.69, 9.17) is 0 Å². The maximum absolute atomic E-state index is 12.3. The smallest absolute Gasteiger partial charge is 0.259 e. The first-order valence-electron chi connectivity index (χ1n) is 7.65. The molecule has 23 heavy (non-hydrogen) atoms. The van der Waals surface area contributed by atoms with Crippen molar-refractivity contribution in [3.63, 3.8) is 0 Å². The molecule has 0 amide bonds. The lowest BCUT2D eigenvalue weighted by molar-refractivity contribution is 0.723. The largest absolute Gasteiger partial charge is 0.371 e. The van der Waals surface area contributed by atoms with Crippen molar-refractivity contribution in [3.8, 4) is 0 Å². The lowest BCUT2D eigenvalue weighted by Crippen LogP contribution is -2.39. The number of anilines is 2. The number of aryl methyl sites for hydroxylation is 1. The normalized spacial score (nSPS) is 14.3. The van der Waals surface area contributed by atoms with Crippen molar-refractivity contribution in [3.05, 3.63) is 57.5 Å². The lowest BCUT2D eigenvalue weighted by Gasteiger charge is -2.36. The zero-order valence-electron chi connectivity index (χ0n) is 13.2. The summed E-state index contributed by atoms with van der Waals surface area (Å²) >= 11 is 1.52. The van der Waals surface area contributed by atoms with Gasteiger partial charge >= 0.3 is 0 Å². The van der Waals surface area contributed by atoms with E-state index in [1.54, 1.807) is 10.5 Å². The number of nitrogens with zero attached hydrogens (tertiary/aromatic N) is 4. The van der Waals surface area contributed by atoms with Gasteiger partial charge in [-0.15, -0.1) is 11.3 Å². The van der Waals surface area contributed by atoms with Gasteiger partial charge in [0, 0.05) is 37.3 Å². The van der Waals surface area contributed by atoms with Crippen LogP contribution in [-0.4, -0.2) is 29.5 Å². The third kappa shape index (κ3) is 2.39. The molecule has 0 radical (unpaired) electrons. The van der Waals surface area contributed by atoms with Gasteiger partial charge in [0.1, 0.15) is 0 Å². The van der Waals surface area contributed by atoms with E-state index in [0.29, 0.717) is 6.54 Å². The number of fused-ring (bicyclic) bond motifs is 2. The molecular formula is C17H18N4OS.